The van der Waals surface area contributed by atoms with Crippen molar-refractivity contribution in [3.63, 3.8) is 0 Å². The Hall–Kier alpha value is -0.0800. The average molecular weight is 210 g/mol. The van der Waals surface area contributed by atoms with E-state index in [4.69, 9.17) is 0 Å². The van der Waals surface area contributed by atoms with Crippen molar-refractivity contribution in [2.75, 3.05) is 33.2 Å². The number of fused-ring (bicyclic) bond motifs is 1. The summed E-state index contributed by atoms with van der Waals surface area (Å²) in [4.78, 5) is 5.17. The van der Waals surface area contributed by atoms with Crippen molar-refractivity contribution in [2.45, 2.75) is 40.2 Å². The van der Waals surface area contributed by atoms with Crippen LogP contribution in [0.2, 0.25) is 0 Å². The van der Waals surface area contributed by atoms with Crippen LogP contribution < -0.4 is 0 Å². The molecule has 0 aromatic heterocycles. The van der Waals surface area contributed by atoms with E-state index in [1.165, 1.54) is 26.2 Å². The van der Waals surface area contributed by atoms with Crippen LogP contribution >= 0.6 is 0 Å². The SMILES string of the molecule is CN1CC2(C)CN(C(C)(C)C)CC2(C)C1. The molecule has 2 nitrogen and oxygen atoms in total. The van der Waals surface area contributed by atoms with Crippen LogP contribution in [0, 0.1) is 10.8 Å². The Kier molecular flexibility index (Phi) is 2.27. The Morgan fingerprint density at radius 3 is 1.60 bits per heavy atom. The zero-order valence-electron chi connectivity index (χ0n) is 11.2. The van der Waals surface area contributed by atoms with E-state index in [1.807, 2.05) is 0 Å². The Bertz CT molecular complexity index is 248. The summed E-state index contributed by atoms with van der Waals surface area (Å²) >= 11 is 0. The summed E-state index contributed by atoms with van der Waals surface area (Å²) < 4.78 is 0. The van der Waals surface area contributed by atoms with Gasteiger partial charge in [0.1, 0.15) is 0 Å². The van der Waals surface area contributed by atoms with E-state index in [-0.39, 0.29) is 0 Å². The number of hydrogen-bond donors (Lipinski definition) is 0. The lowest BCUT2D eigenvalue weighted by Gasteiger charge is -2.34. The van der Waals surface area contributed by atoms with Gasteiger partial charge < -0.3 is 4.90 Å². The molecule has 2 aliphatic rings. The Morgan fingerprint density at radius 2 is 1.27 bits per heavy atom. The van der Waals surface area contributed by atoms with Crippen LogP contribution in [0.15, 0.2) is 0 Å². The minimum atomic E-state index is 0.328. The molecule has 2 unspecified atom stereocenters. The van der Waals surface area contributed by atoms with Crippen molar-refractivity contribution in [1.82, 2.24) is 9.80 Å². The van der Waals surface area contributed by atoms with Crippen molar-refractivity contribution in [3.8, 4) is 0 Å². The highest BCUT2D eigenvalue weighted by Gasteiger charge is 2.57. The Labute approximate surface area is 94.6 Å². The second-order valence-electron chi connectivity index (χ2n) is 7.32. The number of nitrogens with zero attached hydrogens (tertiary/aromatic N) is 2. The van der Waals surface area contributed by atoms with E-state index >= 15 is 0 Å². The molecule has 2 fully saturated rings. The molecule has 0 N–H and O–H groups in total. The molecule has 2 atom stereocenters. The monoisotopic (exact) mass is 210 g/mol. The molecule has 0 spiro atoms. The number of rotatable bonds is 0. The van der Waals surface area contributed by atoms with Crippen molar-refractivity contribution in [1.29, 1.82) is 0 Å². The standard InChI is InChI=1S/C13H26N2/c1-11(2,3)15-9-12(4)7-14(6)8-13(12,5)10-15/h7-10H2,1-6H3. The maximum Gasteiger partial charge on any atom is 0.0125 e. The summed E-state index contributed by atoms with van der Waals surface area (Å²) in [5.41, 5.74) is 1.32. The fourth-order valence-electron chi connectivity index (χ4n) is 3.48. The van der Waals surface area contributed by atoms with Gasteiger partial charge in [0.25, 0.3) is 0 Å². The third-order valence-corrected chi connectivity index (χ3v) is 4.72. The molecular formula is C13H26N2. The van der Waals surface area contributed by atoms with Gasteiger partial charge >= 0.3 is 0 Å². The smallest absolute Gasteiger partial charge is 0.0125 e. The topological polar surface area (TPSA) is 6.48 Å². The predicted molar refractivity (Wildman–Crippen MR) is 65.0 cm³/mol. The minimum Gasteiger partial charge on any atom is -0.305 e. The number of hydrogen-bond acceptors (Lipinski definition) is 2. The van der Waals surface area contributed by atoms with Crippen molar-refractivity contribution >= 4 is 0 Å². The molecule has 0 saturated carbocycles. The quantitative estimate of drug-likeness (QED) is 0.604. The predicted octanol–water partition coefficient (Wildman–Crippen LogP) is 2.06. The first-order valence-electron chi connectivity index (χ1n) is 6.10. The van der Waals surface area contributed by atoms with Crippen molar-refractivity contribution in [2.24, 2.45) is 10.8 Å². The second-order valence-corrected chi connectivity index (χ2v) is 7.32. The second kappa shape index (κ2) is 2.98. The van der Waals surface area contributed by atoms with Gasteiger partial charge in [0, 0.05) is 42.5 Å². The third-order valence-electron chi connectivity index (χ3n) is 4.72. The normalized spacial score (nSPS) is 43.6. The molecule has 0 aromatic carbocycles. The zero-order valence-corrected chi connectivity index (χ0v) is 11.2. The lowest BCUT2D eigenvalue weighted by molar-refractivity contribution is 0.138. The summed E-state index contributed by atoms with van der Waals surface area (Å²) in [6.45, 7) is 17.0. The van der Waals surface area contributed by atoms with Crippen LogP contribution in [0.5, 0.6) is 0 Å². The summed E-state index contributed by atoms with van der Waals surface area (Å²) in [7, 11) is 2.26. The van der Waals surface area contributed by atoms with Gasteiger partial charge in [0.05, 0.1) is 0 Å². The molecule has 15 heavy (non-hydrogen) atoms. The van der Waals surface area contributed by atoms with E-state index < -0.39 is 0 Å². The zero-order chi connectivity index (χ0) is 11.5. The highest BCUT2D eigenvalue weighted by molar-refractivity contribution is 5.10. The van der Waals surface area contributed by atoms with Crippen molar-refractivity contribution < 1.29 is 0 Å². The van der Waals surface area contributed by atoms with E-state index in [9.17, 15) is 0 Å². The Balaban J connectivity index is 2.22. The van der Waals surface area contributed by atoms with Gasteiger partial charge in [-0.15, -0.1) is 0 Å². The lowest BCUT2D eigenvalue weighted by atomic mass is 9.71. The Morgan fingerprint density at radius 1 is 0.867 bits per heavy atom. The van der Waals surface area contributed by atoms with E-state index in [0.29, 0.717) is 16.4 Å². The van der Waals surface area contributed by atoms with Gasteiger partial charge in [-0.3, -0.25) is 4.90 Å². The maximum absolute atomic E-state index is 2.67. The molecule has 0 aliphatic carbocycles. The van der Waals surface area contributed by atoms with Gasteiger partial charge in [-0.05, 0) is 27.8 Å². The highest BCUT2D eigenvalue weighted by Crippen LogP contribution is 2.52. The molecule has 0 bridgehead atoms. The fourth-order valence-corrected chi connectivity index (χ4v) is 3.48. The van der Waals surface area contributed by atoms with Crippen molar-refractivity contribution in [3.05, 3.63) is 0 Å². The first-order valence-corrected chi connectivity index (χ1v) is 6.10. The summed E-state index contributed by atoms with van der Waals surface area (Å²) in [5, 5.41) is 0. The van der Waals surface area contributed by atoms with Crippen LogP contribution in [0.3, 0.4) is 0 Å². The first kappa shape index (κ1) is 11.4. The van der Waals surface area contributed by atoms with Crippen LogP contribution in [0.1, 0.15) is 34.6 Å². The highest BCUT2D eigenvalue weighted by atomic mass is 15.3. The van der Waals surface area contributed by atoms with Crippen LogP contribution in [0.4, 0.5) is 0 Å². The largest absolute Gasteiger partial charge is 0.305 e. The molecule has 0 aromatic rings. The fraction of sp³-hybridized carbons (Fsp3) is 1.00. The van der Waals surface area contributed by atoms with Crippen LogP contribution in [-0.2, 0) is 0 Å². The molecule has 2 rings (SSSR count). The molecule has 2 saturated heterocycles. The van der Waals surface area contributed by atoms with Gasteiger partial charge in [-0.2, -0.15) is 0 Å². The van der Waals surface area contributed by atoms with E-state index in [0.717, 1.165) is 0 Å². The van der Waals surface area contributed by atoms with Gasteiger partial charge in [0.2, 0.25) is 0 Å². The average Bonchev–Trinajstić information content (AvgIpc) is 2.31. The molecule has 2 aliphatic heterocycles. The number of likely N-dealkylation sites (tertiary alicyclic amines) is 2. The lowest BCUT2D eigenvalue weighted by Crippen LogP contribution is -2.42. The van der Waals surface area contributed by atoms with Gasteiger partial charge in [-0.1, -0.05) is 13.8 Å². The van der Waals surface area contributed by atoms with Crippen LogP contribution in [0.25, 0.3) is 0 Å². The first-order chi connectivity index (χ1) is 6.66. The summed E-state index contributed by atoms with van der Waals surface area (Å²) in [6, 6.07) is 0. The maximum atomic E-state index is 2.67. The summed E-state index contributed by atoms with van der Waals surface area (Å²) in [5.74, 6) is 0. The summed E-state index contributed by atoms with van der Waals surface area (Å²) in [6.07, 6.45) is 0. The molecule has 88 valence electrons. The van der Waals surface area contributed by atoms with E-state index in [1.54, 1.807) is 0 Å². The minimum absolute atomic E-state index is 0.328. The molecule has 0 radical (unpaired) electrons. The van der Waals surface area contributed by atoms with Gasteiger partial charge in [0.15, 0.2) is 0 Å². The van der Waals surface area contributed by atoms with Crippen LogP contribution in [-0.4, -0.2) is 48.6 Å². The molecule has 2 heteroatoms. The van der Waals surface area contributed by atoms with Gasteiger partial charge in [-0.25, -0.2) is 0 Å². The van der Waals surface area contributed by atoms with E-state index in [2.05, 4.69) is 51.5 Å². The molecule has 2 heterocycles. The molecule has 0 amide bonds. The third kappa shape index (κ3) is 1.62. The molecular weight excluding hydrogens is 184 g/mol.